The molecule has 1 atom stereocenters. The van der Waals surface area contributed by atoms with E-state index in [-0.39, 0.29) is 12.5 Å². The first-order chi connectivity index (χ1) is 9.37. The molecule has 0 bridgehead atoms. The summed E-state index contributed by atoms with van der Waals surface area (Å²) in [5.74, 6) is 1.37. The number of rotatable bonds is 7. The molecule has 0 aliphatic heterocycles. The minimum atomic E-state index is -4.10. The number of alkyl halides is 3. The topological polar surface area (TPSA) is 30.5 Å². The molecular weight excluding hydrogens is 271 g/mol. The van der Waals surface area contributed by atoms with Gasteiger partial charge in [-0.15, -0.1) is 0 Å². The number of ether oxygens (including phenoxy) is 2. The molecule has 1 aromatic rings. The van der Waals surface area contributed by atoms with Crippen molar-refractivity contribution < 1.29 is 22.6 Å². The predicted octanol–water partition coefficient (Wildman–Crippen LogP) is 3.70. The van der Waals surface area contributed by atoms with Crippen LogP contribution in [0.3, 0.4) is 0 Å². The lowest BCUT2D eigenvalue weighted by molar-refractivity contribution is -0.135. The van der Waals surface area contributed by atoms with E-state index < -0.39 is 12.6 Å². The first kappa shape index (κ1) is 16.6. The van der Waals surface area contributed by atoms with Crippen LogP contribution in [0.1, 0.15) is 31.4 Å². The van der Waals surface area contributed by atoms with E-state index >= 15 is 0 Å². The molecule has 1 aromatic carbocycles. The zero-order chi connectivity index (χ0) is 15.2. The Balaban J connectivity index is 2.60. The highest BCUT2D eigenvalue weighted by molar-refractivity contribution is 5.42. The molecule has 0 saturated heterocycles. The normalized spacial score (nSPS) is 13.1. The van der Waals surface area contributed by atoms with Gasteiger partial charge in [0.1, 0.15) is 11.5 Å². The van der Waals surface area contributed by atoms with Gasteiger partial charge in [-0.3, -0.25) is 0 Å². The molecule has 20 heavy (non-hydrogen) atoms. The SMILES string of the molecule is COc1ccc(OC)c(C(C)NCCCC(F)(F)F)c1. The zero-order valence-electron chi connectivity index (χ0n) is 11.9. The summed E-state index contributed by atoms with van der Waals surface area (Å²) in [5, 5.41) is 3.06. The lowest BCUT2D eigenvalue weighted by atomic mass is 10.1. The van der Waals surface area contributed by atoms with Crippen LogP contribution in [0.15, 0.2) is 18.2 Å². The van der Waals surface area contributed by atoms with Crippen molar-refractivity contribution in [3.63, 3.8) is 0 Å². The molecule has 0 heterocycles. The third kappa shape index (κ3) is 5.28. The van der Waals surface area contributed by atoms with Crippen LogP contribution in [-0.2, 0) is 0 Å². The Labute approximate surface area is 117 Å². The Bertz CT molecular complexity index is 421. The van der Waals surface area contributed by atoms with Gasteiger partial charge in [-0.1, -0.05) is 0 Å². The van der Waals surface area contributed by atoms with Gasteiger partial charge in [0, 0.05) is 18.0 Å². The Kier molecular flexibility index (Phi) is 6.13. The molecule has 0 amide bonds. The Morgan fingerprint density at radius 1 is 1.20 bits per heavy atom. The molecule has 0 aliphatic rings. The average Bonchev–Trinajstić information content (AvgIpc) is 2.41. The van der Waals surface area contributed by atoms with Crippen molar-refractivity contribution in [2.45, 2.75) is 32.0 Å². The highest BCUT2D eigenvalue weighted by Gasteiger charge is 2.26. The molecular formula is C14H20F3NO2. The average molecular weight is 291 g/mol. The van der Waals surface area contributed by atoms with E-state index in [4.69, 9.17) is 9.47 Å². The van der Waals surface area contributed by atoms with Crippen molar-refractivity contribution in [2.75, 3.05) is 20.8 Å². The van der Waals surface area contributed by atoms with Crippen molar-refractivity contribution in [3.05, 3.63) is 23.8 Å². The van der Waals surface area contributed by atoms with Crippen LogP contribution >= 0.6 is 0 Å². The van der Waals surface area contributed by atoms with Gasteiger partial charge in [-0.25, -0.2) is 0 Å². The molecule has 0 aliphatic carbocycles. The maximum Gasteiger partial charge on any atom is 0.389 e. The van der Waals surface area contributed by atoms with Gasteiger partial charge in [-0.2, -0.15) is 13.2 Å². The largest absolute Gasteiger partial charge is 0.497 e. The number of benzene rings is 1. The minimum absolute atomic E-state index is 0.0557. The molecule has 0 saturated carbocycles. The van der Waals surface area contributed by atoms with E-state index in [9.17, 15) is 13.2 Å². The van der Waals surface area contributed by atoms with Gasteiger partial charge in [0.2, 0.25) is 0 Å². The van der Waals surface area contributed by atoms with Crippen LogP contribution in [0.4, 0.5) is 13.2 Å². The Morgan fingerprint density at radius 3 is 2.45 bits per heavy atom. The highest BCUT2D eigenvalue weighted by atomic mass is 19.4. The van der Waals surface area contributed by atoms with E-state index in [1.807, 2.05) is 13.0 Å². The summed E-state index contributed by atoms with van der Waals surface area (Å²) in [6, 6.07) is 5.26. The summed E-state index contributed by atoms with van der Waals surface area (Å²) in [6.07, 6.45) is -4.82. The standard InChI is InChI=1S/C14H20F3NO2/c1-10(18-8-4-7-14(15,16)17)12-9-11(19-2)5-6-13(12)20-3/h5-6,9-10,18H,4,7-8H2,1-3H3. The van der Waals surface area contributed by atoms with E-state index in [1.54, 1.807) is 26.4 Å². The van der Waals surface area contributed by atoms with E-state index in [0.29, 0.717) is 18.0 Å². The van der Waals surface area contributed by atoms with Crippen LogP contribution in [0.5, 0.6) is 11.5 Å². The third-order valence-corrected chi connectivity index (χ3v) is 2.99. The molecule has 1 rings (SSSR count). The number of nitrogens with one attached hydrogen (secondary N) is 1. The summed E-state index contributed by atoms with van der Waals surface area (Å²) in [7, 11) is 3.12. The molecule has 0 aromatic heterocycles. The number of halogens is 3. The first-order valence-corrected chi connectivity index (χ1v) is 6.39. The summed E-state index contributed by atoms with van der Waals surface area (Å²) < 4.78 is 46.6. The van der Waals surface area contributed by atoms with E-state index in [0.717, 1.165) is 5.56 Å². The number of hydrogen-bond donors (Lipinski definition) is 1. The van der Waals surface area contributed by atoms with Gasteiger partial charge >= 0.3 is 6.18 Å². The third-order valence-electron chi connectivity index (χ3n) is 2.99. The second kappa shape index (κ2) is 7.38. The number of hydrogen-bond acceptors (Lipinski definition) is 3. The van der Waals surface area contributed by atoms with Crippen molar-refractivity contribution in [3.8, 4) is 11.5 Å². The van der Waals surface area contributed by atoms with Crippen LogP contribution in [0.25, 0.3) is 0 Å². The number of methoxy groups -OCH3 is 2. The van der Waals surface area contributed by atoms with Crippen molar-refractivity contribution in [1.82, 2.24) is 5.32 Å². The predicted molar refractivity (Wildman–Crippen MR) is 71.3 cm³/mol. The minimum Gasteiger partial charge on any atom is -0.497 e. The summed E-state index contributed by atoms with van der Waals surface area (Å²) in [5.41, 5.74) is 0.860. The fourth-order valence-corrected chi connectivity index (χ4v) is 1.90. The van der Waals surface area contributed by atoms with Crippen LogP contribution < -0.4 is 14.8 Å². The monoisotopic (exact) mass is 291 g/mol. The molecule has 1 unspecified atom stereocenters. The van der Waals surface area contributed by atoms with Gasteiger partial charge in [-0.05, 0) is 38.1 Å². The maximum atomic E-state index is 12.1. The maximum absolute atomic E-state index is 12.1. The molecule has 0 spiro atoms. The quantitative estimate of drug-likeness (QED) is 0.777. The van der Waals surface area contributed by atoms with Crippen molar-refractivity contribution in [1.29, 1.82) is 0 Å². The molecule has 114 valence electrons. The van der Waals surface area contributed by atoms with Crippen LogP contribution in [0, 0.1) is 0 Å². The summed E-state index contributed by atoms with van der Waals surface area (Å²) in [4.78, 5) is 0. The smallest absolute Gasteiger partial charge is 0.389 e. The Morgan fingerprint density at radius 2 is 1.90 bits per heavy atom. The Hall–Kier alpha value is -1.43. The summed E-state index contributed by atoms with van der Waals surface area (Å²) >= 11 is 0. The second-order valence-corrected chi connectivity index (χ2v) is 4.50. The fourth-order valence-electron chi connectivity index (χ4n) is 1.90. The van der Waals surface area contributed by atoms with Gasteiger partial charge in [0.25, 0.3) is 0 Å². The van der Waals surface area contributed by atoms with E-state index in [1.165, 1.54) is 0 Å². The van der Waals surface area contributed by atoms with E-state index in [2.05, 4.69) is 5.32 Å². The molecule has 3 nitrogen and oxygen atoms in total. The first-order valence-electron chi connectivity index (χ1n) is 6.39. The molecule has 0 radical (unpaired) electrons. The van der Waals surface area contributed by atoms with Crippen molar-refractivity contribution >= 4 is 0 Å². The lowest BCUT2D eigenvalue weighted by Gasteiger charge is -2.18. The molecule has 1 N–H and O–H groups in total. The van der Waals surface area contributed by atoms with Crippen LogP contribution in [0.2, 0.25) is 0 Å². The summed E-state index contributed by atoms with van der Waals surface area (Å²) in [6.45, 7) is 2.17. The van der Waals surface area contributed by atoms with Crippen LogP contribution in [-0.4, -0.2) is 26.9 Å². The van der Waals surface area contributed by atoms with Crippen molar-refractivity contribution in [2.24, 2.45) is 0 Å². The van der Waals surface area contributed by atoms with Gasteiger partial charge in [0.05, 0.1) is 14.2 Å². The second-order valence-electron chi connectivity index (χ2n) is 4.50. The lowest BCUT2D eigenvalue weighted by Crippen LogP contribution is -2.22. The highest BCUT2D eigenvalue weighted by Crippen LogP contribution is 2.29. The molecule has 0 fully saturated rings. The van der Waals surface area contributed by atoms with Gasteiger partial charge in [0.15, 0.2) is 0 Å². The fraction of sp³-hybridized carbons (Fsp3) is 0.571. The zero-order valence-corrected chi connectivity index (χ0v) is 11.9. The van der Waals surface area contributed by atoms with Gasteiger partial charge < -0.3 is 14.8 Å². The molecule has 6 heteroatoms.